The van der Waals surface area contributed by atoms with Gasteiger partial charge in [0.1, 0.15) is 11.8 Å². The van der Waals surface area contributed by atoms with Crippen molar-refractivity contribution in [1.82, 2.24) is 10.3 Å². The number of nitrogens with zero attached hydrogens (tertiary/aromatic N) is 1. The number of aromatic nitrogens is 1. The van der Waals surface area contributed by atoms with E-state index in [4.69, 9.17) is 14.2 Å². The number of aryl methyl sites for hydroxylation is 1. The van der Waals surface area contributed by atoms with E-state index in [1.165, 1.54) is 13.3 Å². The summed E-state index contributed by atoms with van der Waals surface area (Å²) in [5, 5.41) is 5.52. The Hall–Kier alpha value is -3.91. The standard InChI is InChI=1S/C25H27N3O5/c1-17-13-19(9-11-22(17)31-2)24(29)28-21(16-33-15-18-7-5-4-6-8-18)25(30)27-20-10-12-23(32-3)26-14-20/h4-14,21H,15-16H2,1-3H3,(H,27,30)(H,28,29)/t21-/m1/s1. The molecule has 1 atom stereocenters. The molecule has 172 valence electrons. The van der Waals surface area contributed by atoms with Crippen LogP contribution in [0.3, 0.4) is 0 Å². The fourth-order valence-corrected chi connectivity index (χ4v) is 3.12. The van der Waals surface area contributed by atoms with Gasteiger partial charge in [-0.25, -0.2) is 4.98 Å². The first-order valence-corrected chi connectivity index (χ1v) is 10.4. The van der Waals surface area contributed by atoms with E-state index in [2.05, 4.69) is 15.6 Å². The van der Waals surface area contributed by atoms with Crippen molar-refractivity contribution in [3.05, 3.63) is 83.6 Å². The predicted octanol–water partition coefficient (Wildman–Crippen LogP) is 3.36. The van der Waals surface area contributed by atoms with Crippen LogP contribution in [0.5, 0.6) is 11.6 Å². The van der Waals surface area contributed by atoms with Crippen molar-refractivity contribution < 1.29 is 23.8 Å². The van der Waals surface area contributed by atoms with Gasteiger partial charge in [-0.1, -0.05) is 30.3 Å². The zero-order valence-corrected chi connectivity index (χ0v) is 18.8. The molecule has 8 heteroatoms. The Balaban J connectivity index is 1.70. The highest BCUT2D eigenvalue weighted by Gasteiger charge is 2.22. The van der Waals surface area contributed by atoms with E-state index < -0.39 is 17.9 Å². The fourth-order valence-electron chi connectivity index (χ4n) is 3.12. The van der Waals surface area contributed by atoms with Crippen molar-refractivity contribution in [1.29, 1.82) is 0 Å². The van der Waals surface area contributed by atoms with E-state index in [9.17, 15) is 9.59 Å². The predicted molar refractivity (Wildman–Crippen MR) is 125 cm³/mol. The van der Waals surface area contributed by atoms with Crippen molar-refractivity contribution in [3.8, 4) is 11.6 Å². The molecule has 0 unspecified atom stereocenters. The first kappa shape index (κ1) is 23.7. The number of amides is 2. The van der Waals surface area contributed by atoms with E-state index in [0.717, 1.165) is 11.1 Å². The molecule has 1 aromatic heterocycles. The van der Waals surface area contributed by atoms with Gasteiger partial charge in [0.2, 0.25) is 11.8 Å². The molecular formula is C25H27N3O5. The number of rotatable bonds is 10. The van der Waals surface area contributed by atoms with Gasteiger partial charge in [0, 0.05) is 11.6 Å². The molecular weight excluding hydrogens is 422 g/mol. The van der Waals surface area contributed by atoms with Gasteiger partial charge in [0.05, 0.1) is 39.3 Å². The molecule has 0 aliphatic carbocycles. The third-order valence-electron chi connectivity index (χ3n) is 4.89. The van der Waals surface area contributed by atoms with Crippen LogP contribution >= 0.6 is 0 Å². The van der Waals surface area contributed by atoms with Gasteiger partial charge in [-0.3, -0.25) is 9.59 Å². The van der Waals surface area contributed by atoms with E-state index in [-0.39, 0.29) is 6.61 Å². The van der Waals surface area contributed by atoms with Crippen LogP contribution in [-0.4, -0.2) is 43.7 Å². The van der Waals surface area contributed by atoms with Gasteiger partial charge >= 0.3 is 0 Å². The van der Waals surface area contributed by atoms with Crippen LogP contribution < -0.4 is 20.1 Å². The van der Waals surface area contributed by atoms with Crippen LogP contribution in [0.2, 0.25) is 0 Å². The molecule has 2 aromatic carbocycles. The topological polar surface area (TPSA) is 98.8 Å². The number of nitrogens with one attached hydrogen (secondary N) is 2. The Labute approximate surface area is 192 Å². The monoisotopic (exact) mass is 449 g/mol. The molecule has 0 spiro atoms. The zero-order valence-electron chi connectivity index (χ0n) is 18.8. The van der Waals surface area contributed by atoms with E-state index >= 15 is 0 Å². The number of ether oxygens (including phenoxy) is 3. The number of hydrogen-bond acceptors (Lipinski definition) is 6. The molecule has 0 saturated heterocycles. The number of carbonyl (C=O) groups excluding carboxylic acids is 2. The van der Waals surface area contributed by atoms with Gasteiger partial charge in [0.25, 0.3) is 5.91 Å². The maximum atomic E-state index is 13.0. The van der Waals surface area contributed by atoms with Crippen LogP contribution in [-0.2, 0) is 16.1 Å². The highest BCUT2D eigenvalue weighted by Crippen LogP contribution is 2.18. The average molecular weight is 450 g/mol. The minimum absolute atomic E-state index is 0.00874. The molecule has 8 nitrogen and oxygen atoms in total. The molecule has 0 radical (unpaired) electrons. The van der Waals surface area contributed by atoms with Crippen LogP contribution in [0, 0.1) is 6.92 Å². The molecule has 33 heavy (non-hydrogen) atoms. The maximum absolute atomic E-state index is 13.0. The highest BCUT2D eigenvalue weighted by atomic mass is 16.5. The summed E-state index contributed by atoms with van der Waals surface area (Å²) in [7, 11) is 3.08. The van der Waals surface area contributed by atoms with Crippen molar-refractivity contribution >= 4 is 17.5 Å². The van der Waals surface area contributed by atoms with Gasteiger partial charge < -0.3 is 24.8 Å². The van der Waals surface area contributed by atoms with Crippen LogP contribution in [0.15, 0.2) is 66.9 Å². The Bertz CT molecular complexity index is 1070. The van der Waals surface area contributed by atoms with Crippen LogP contribution in [0.25, 0.3) is 0 Å². The molecule has 2 N–H and O–H groups in total. The Morgan fingerprint density at radius 3 is 2.42 bits per heavy atom. The van der Waals surface area contributed by atoms with Crippen molar-refractivity contribution in [2.75, 3.05) is 26.1 Å². The SMILES string of the molecule is COc1ccc(NC(=O)[C@@H](COCc2ccccc2)NC(=O)c2ccc(OC)c(C)c2)cn1. The summed E-state index contributed by atoms with van der Waals surface area (Å²) in [4.78, 5) is 29.9. The zero-order chi connectivity index (χ0) is 23.6. The minimum atomic E-state index is -0.925. The normalized spacial score (nSPS) is 11.4. The molecule has 0 saturated carbocycles. The first-order chi connectivity index (χ1) is 16.0. The van der Waals surface area contributed by atoms with Crippen LogP contribution in [0.4, 0.5) is 5.69 Å². The summed E-state index contributed by atoms with van der Waals surface area (Å²) in [6.45, 7) is 2.15. The lowest BCUT2D eigenvalue weighted by Gasteiger charge is -2.19. The van der Waals surface area contributed by atoms with Gasteiger partial charge in [-0.15, -0.1) is 0 Å². The van der Waals surface area contributed by atoms with Crippen molar-refractivity contribution in [2.24, 2.45) is 0 Å². The van der Waals surface area contributed by atoms with Crippen molar-refractivity contribution in [2.45, 2.75) is 19.6 Å². The smallest absolute Gasteiger partial charge is 0.252 e. The second-order valence-electron chi connectivity index (χ2n) is 7.29. The Kier molecular flexibility index (Phi) is 8.37. The van der Waals surface area contributed by atoms with E-state index in [1.54, 1.807) is 37.4 Å². The molecule has 1 heterocycles. The summed E-state index contributed by atoms with van der Waals surface area (Å²) < 4.78 is 16.0. The highest BCUT2D eigenvalue weighted by molar-refractivity contribution is 6.01. The number of benzene rings is 2. The third kappa shape index (κ3) is 6.78. The summed E-state index contributed by atoms with van der Waals surface area (Å²) in [6, 6.07) is 17.0. The van der Waals surface area contributed by atoms with Gasteiger partial charge in [-0.05, 0) is 42.3 Å². The largest absolute Gasteiger partial charge is 0.496 e. The maximum Gasteiger partial charge on any atom is 0.252 e. The minimum Gasteiger partial charge on any atom is -0.496 e. The molecule has 0 bridgehead atoms. The lowest BCUT2D eigenvalue weighted by atomic mass is 10.1. The second kappa shape index (κ2) is 11.6. The summed E-state index contributed by atoms with van der Waals surface area (Å²) in [6.07, 6.45) is 1.48. The van der Waals surface area contributed by atoms with E-state index in [1.807, 2.05) is 37.3 Å². The number of methoxy groups -OCH3 is 2. The second-order valence-corrected chi connectivity index (χ2v) is 7.29. The average Bonchev–Trinajstić information content (AvgIpc) is 2.84. The number of pyridine rings is 1. The Morgan fingerprint density at radius 1 is 1.00 bits per heavy atom. The molecule has 2 amide bonds. The fraction of sp³-hybridized carbons (Fsp3) is 0.240. The van der Waals surface area contributed by atoms with Gasteiger partial charge in [-0.2, -0.15) is 0 Å². The molecule has 3 aromatic rings. The Morgan fingerprint density at radius 2 is 1.79 bits per heavy atom. The van der Waals surface area contributed by atoms with Crippen molar-refractivity contribution in [3.63, 3.8) is 0 Å². The third-order valence-corrected chi connectivity index (χ3v) is 4.89. The number of carbonyl (C=O) groups is 2. The number of anilines is 1. The van der Waals surface area contributed by atoms with E-state index in [0.29, 0.717) is 29.5 Å². The first-order valence-electron chi connectivity index (χ1n) is 10.4. The van der Waals surface area contributed by atoms with Crippen LogP contribution in [0.1, 0.15) is 21.5 Å². The molecule has 3 rings (SSSR count). The molecule has 0 fully saturated rings. The summed E-state index contributed by atoms with van der Waals surface area (Å²) in [5.41, 5.74) is 2.67. The van der Waals surface area contributed by atoms with Gasteiger partial charge in [0.15, 0.2) is 0 Å². The lowest BCUT2D eigenvalue weighted by Crippen LogP contribution is -2.46. The molecule has 0 aliphatic rings. The summed E-state index contributed by atoms with van der Waals surface area (Å²) in [5.74, 6) is 0.295. The summed E-state index contributed by atoms with van der Waals surface area (Å²) >= 11 is 0. The lowest BCUT2D eigenvalue weighted by molar-refractivity contribution is -0.119. The molecule has 0 aliphatic heterocycles. The quantitative estimate of drug-likeness (QED) is 0.493. The number of hydrogen-bond donors (Lipinski definition) is 2.